The molecule has 0 amide bonds. The van der Waals surface area contributed by atoms with E-state index in [4.69, 9.17) is 16.3 Å². The molecule has 1 atom stereocenters. The molecule has 0 aromatic heterocycles. The number of ether oxygens (including phenoxy) is 1. The molecule has 0 aliphatic heterocycles. The third-order valence-electron chi connectivity index (χ3n) is 1.45. The number of benzene rings is 1. The summed E-state index contributed by atoms with van der Waals surface area (Å²) in [6.07, 6.45) is -0.716. The van der Waals surface area contributed by atoms with Gasteiger partial charge in [-0.05, 0) is 42.8 Å². The van der Waals surface area contributed by atoms with Gasteiger partial charge in [-0.25, -0.2) is 4.39 Å². The van der Waals surface area contributed by atoms with Crippen LogP contribution in [0.2, 0.25) is 0 Å². The first kappa shape index (κ1) is 9.99. The van der Waals surface area contributed by atoms with E-state index < -0.39 is 11.3 Å². The van der Waals surface area contributed by atoms with E-state index in [9.17, 15) is 9.18 Å². The van der Waals surface area contributed by atoms with E-state index >= 15 is 0 Å². The lowest BCUT2D eigenvalue weighted by Gasteiger charge is -2.09. The van der Waals surface area contributed by atoms with Gasteiger partial charge >= 0.3 is 0 Å². The third-order valence-corrected chi connectivity index (χ3v) is 1.75. The van der Waals surface area contributed by atoms with E-state index in [-0.39, 0.29) is 5.82 Å². The number of carbonyl (C=O) groups is 1. The van der Waals surface area contributed by atoms with Gasteiger partial charge in [0.15, 0.2) is 6.10 Å². The van der Waals surface area contributed by atoms with Crippen molar-refractivity contribution in [3.8, 4) is 5.75 Å². The molecule has 0 saturated heterocycles. The van der Waals surface area contributed by atoms with Gasteiger partial charge in [0.05, 0.1) is 0 Å². The van der Waals surface area contributed by atoms with Crippen molar-refractivity contribution in [3.63, 3.8) is 0 Å². The zero-order chi connectivity index (χ0) is 9.84. The van der Waals surface area contributed by atoms with Gasteiger partial charge in [-0.3, -0.25) is 4.79 Å². The highest BCUT2D eigenvalue weighted by Crippen LogP contribution is 2.13. The van der Waals surface area contributed by atoms with Crippen LogP contribution in [-0.2, 0) is 4.79 Å². The number of carbonyl (C=O) groups excluding carboxylic acids is 1. The van der Waals surface area contributed by atoms with Crippen molar-refractivity contribution < 1.29 is 13.9 Å². The van der Waals surface area contributed by atoms with Gasteiger partial charge in [0.1, 0.15) is 11.6 Å². The zero-order valence-corrected chi connectivity index (χ0v) is 7.72. The van der Waals surface area contributed by atoms with Gasteiger partial charge in [-0.2, -0.15) is 0 Å². The van der Waals surface area contributed by atoms with Gasteiger partial charge in [-0.15, -0.1) is 0 Å². The van der Waals surface area contributed by atoms with Crippen LogP contribution in [0.1, 0.15) is 6.92 Å². The smallest absolute Gasteiger partial charge is 0.262 e. The number of hydrogen-bond donors (Lipinski definition) is 0. The second-order valence-electron chi connectivity index (χ2n) is 2.52. The number of hydrogen-bond acceptors (Lipinski definition) is 2. The van der Waals surface area contributed by atoms with Crippen LogP contribution in [0, 0.1) is 5.82 Å². The maximum atomic E-state index is 12.4. The van der Waals surface area contributed by atoms with Crippen molar-refractivity contribution in [1.82, 2.24) is 0 Å². The summed E-state index contributed by atoms with van der Waals surface area (Å²) in [6.45, 7) is 1.53. The Hall–Kier alpha value is -1.09. The molecule has 1 rings (SSSR count). The minimum atomic E-state index is -0.716. The van der Waals surface area contributed by atoms with Crippen LogP contribution in [0.5, 0.6) is 5.75 Å². The molecule has 0 saturated carbocycles. The fraction of sp³-hybridized carbons (Fsp3) is 0.222. The Labute approximate surface area is 80.3 Å². The fourth-order valence-electron chi connectivity index (χ4n) is 0.764. The van der Waals surface area contributed by atoms with Crippen LogP contribution in [-0.4, -0.2) is 11.3 Å². The van der Waals surface area contributed by atoms with Gasteiger partial charge in [0, 0.05) is 0 Å². The SMILES string of the molecule is CC(Oc1ccc(F)cc1)C(=O)Cl. The first-order valence-corrected chi connectivity index (χ1v) is 4.09. The van der Waals surface area contributed by atoms with E-state index in [1.54, 1.807) is 0 Å². The first-order valence-electron chi connectivity index (χ1n) is 3.71. The summed E-state index contributed by atoms with van der Waals surface area (Å²) in [5.41, 5.74) is 0. The highest BCUT2D eigenvalue weighted by atomic mass is 35.5. The Morgan fingerprint density at radius 3 is 2.46 bits per heavy atom. The van der Waals surface area contributed by atoms with E-state index in [2.05, 4.69) is 0 Å². The average molecular weight is 203 g/mol. The molecule has 0 heterocycles. The lowest BCUT2D eigenvalue weighted by atomic mass is 10.3. The summed E-state index contributed by atoms with van der Waals surface area (Å²) in [4.78, 5) is 10.6. The topological polar surface area (TPSA) is 26.3 Å². The summed E-state index contributed by atoms with van der Waals surface area (Å²) < 4.78 is 17.5. The molecule has 0 fully saturated rings. The average Bonchev–Trinajstić information content (AvgIpc) is 2.08. The molecular weight excluding hydrogens is 195 g/mol. The maximum Gasteiger partial charge on any atom is 0.262 e. The second kappa shape index (κ2) is 4.23. The molecule has 0 spiro atoms. The number of rotatable bonds is 3. The van der Waals surface area contributed by atoms with Crippen molar-refractivity contribution >= 4 is 16.8 Å². The van der Waals surface area contributed by atoms with Crippen LogP contribution in [0.4, 0.5) is 4.39 Å². The Morgan fingerprint density at radius 1 is 1.46 bits per heavy atom. The summed E-state index contributed by atoms with van der Waals surface area (Å²) in [5.74, 6) is 0.0695. The van der Waals surface area contributed by atoms with Crippen molar-refractivity contribution in [1.29, 1.82) is 0 Å². The molecule has 1 unspecified atom stereocenters. The summed E-state index contributed by atoms with van der Waals surface area (Å²) >= 11 is 5.17. The predicted molar refractivity (Wildman–Crippen MR) is 47.4 cm³/mol. The molecule has 13 heavy (non-hydrogen) atoms. The standard InChI is InChI=1S/C9H8ClFO2/c1-6(9(10)12)13-8-4-2-7(11)3-5-8/h2-6H,1H3. The van der Waals surface area contributed by atoms with Gasteiger partial charge in [0.25, 0.3) is 5.24 Å². The maximum absolute atomic E-state index is 12.4. The predicted octanol–water partition coefficient (Wildman–Crippen LogP) is 2.36. The molecule has 2 nitrogen and oxygen atoms in total. The largest absolute Gasteiger partial charge is 0.482 e. The van der Waals surface area contributed by atoms with Crippen LogP contribution < -0.4 is 4.74 Å². The molecule has 1 aromatic carbocycles. The Balaban J connectivity index is 2.64. The summed E-state index contributed by atoms with van der Waals surface area (Å²) in [7, 11) is 0. The van der Waals surface area contributed by atoms with E-state index in [0.29, 0.717) is 5.75 Å². The number of halogens is 2. The molecule has 0 N–H and O–H groups in total. The minimum absolute atomic E-state index is 0.350. The molecular formula is C9H8ClFO2. The lowest BCUT2D eigenvalue weighted by molar-refractivity contribution is -0.117. The Kier molecular flexibility index (Phi) is 3.25. The van der Waals surface area contributed by atoms with E-state index in [1.807, 2.05) is 0 Å². The molecule has 70 valence electrons. The van der Waals surface area contributed by atoms with Gasteiger partial charge in [-0.1, -0.05) is 0 Å². The first-order chi connectivity index (χ1) is 6.09. The molecule has 0 aliphatic rings. The molecule has 0 radical (unpaired) electrons. The van der Waals surface area contributed by atoms with Crippen LogP contribution in [0.3, 0.4) is 0 Å². The van der Waals surface area contributed by atoms with Crippen molar-refractivity contribution in [3.05, 3.63) is 30.1 Å². The summed E-state index contributed by atoms with van der Waals surface area (Å²) in [6, 6.07) is 5.37. The second-order valence-corrected chi connectivity index (χ2v) is 2.89. The van der Waals surface area contributed by atoms with Crippen LogP contribution in [0.25, 0.3) is 0 Å². The van der Waals surface area contributed by atoms with E-state index in [1.165, 1.54) is 31.2 Å². The molecule has 0 bridgehead atoms. The molecule has 0 aliphatic carbocycles. The lowest BCUT2D eigenvalue weighted by Crippen LogP contribution is -2.18. The Bertz CT molecular complexity index is 297. The normalized spacial score (nSPS) is 12.2. The van der Waals surface area contributed by atoms with E-state index in [0.717, 1.165) is 0 Å². The van der Waals surface area contributed by atoms with Gasteiger partial charge < -0.3 is 4.74 Å². The van der Waals surface area contributed by atoms with Crippen molar-refractivity contribution in [2.45, 2.75) is 13.0 Å². The quantitative estimate of drug-likeness (QED) is 0.704. The molecule has 4 heteroatoms. The molecule has 1 aromatic rings. The van der Waals surface area contributed by atoms with Crippen molar-refractivity contribution in [2.75, 3.05) is 0 Å². The monoisotopic (exact) mass is 202 g/mol. The zero-order valence-electron chi connectivity index (χ0n) is 6.96. The van der Waals surface area contributed by atoms with Crippen LogP contribution >= 0.6 is 11.6 Å². The minimum Gasteiger partial charge on any atom is -0.482 e. The van der Waals surface area contributed by atoms with Gasteiger partial charge in [0.2, 0.25) is 0 Å². The third kappa shape index (κ3) is 3.03. The Morgan fingerprint density at radius 2 is 2.00 bits per heavy atom. The highest BCUT2D eigenvalue weighted by molar-refractivity contribution is 6.64. The van der Waals surface area contributed by atoms with Crippen molar-refractivity contribution in [2.24, 2.45) is 0 Å². The van der Waals surface area contributed by atoms with Crippen LogP contribution in [0.15, 0.2) is 24.3 Å². The highest BCUT2D eigenvalue weighted by Gasteiger charge is 2.10. The summed E-state index contributed by atoms with van der Waals surface area (Å²) in [5, 5.41) is -0.579. The fourth-order valence-corrected chi connectivity index (χ4v) is 0.808.